The van der Waals surface area contributed by atoms with Crippen molar-refractivity contribution in [3.8, 4) is 5.75 Å². The number of hydrogen-bond acceptors (Lipinski definition) is 3. The van der Waals surface area contributed by atoms with Gasteiger partial charge in [-0.2, -0.15) is 0 Å². The summed E-state index contributed by atoms with van der Waals surface area (Å²) in [4.78, 5) is 0. The first-order chi connectivity index (χ1) is 8.16. The van der Waals surface area contributed by atoms with Crippen molar-refractivity contribution in [1.29, 1.82) is 0 Å². The summed E-state index contributed by atoms with van der Waals surface area (Å²) in [6.45, 7) is 1.76. The summed E-state index contributed by atoms with van der Waals surface area (Å²) in [5, 5.41) is 0. The molecule has 0 saturated carbocycles. The Labute approximate surface area is 98.5 Å². The fraction of sp³-hybridized carbons (Fsp3) is 0.500. The van der Waals surface area contributed by atoms with Crippen LogP contribution in [-0.2, 0) is 4.74 Å². The minimum atomic E-state index is -2.58. The van der Waals surface area contributed by atoms with Crippen molar-refractivity contribution in [3.63, 3.8) is 0 Å². The lowest BCUT2D eigenvalue weighted by Crippen LogP contribution is -2.12. The lowest BCUT2D eigenvalue weighted by molar-refractivity contribution is 0.139. The highest BCUT2D eigenvalue weighted by Gasteiger charge is 2.19. The molecular formula is C12H15F2NO2. The molecule has 2 N–H and O–H groups in total. The zero-order valence-corrected chi connectivity index (χ0v) is 9.36. The van der Waals surface area contributed by atoms with Crippen LogP contribution >= 0.6 is 0 Å². The standard InChI is InChI=1S/C12H15F2NO2/c13-12(14)10-5-9(15)1-2-11(10)17-7-8-3-4-16-6-8/h1-2,5,8,12H,3-4,6-7,15H2. The zero-order chi connectivity index (χ0) is 12.3. The van der Waals surface area contributed by atoms with Crippen molar-refractivity contribution in [3.05, 3.63) is 23.8 Å². The number of hydrogen-bond donors (Lipinski definition) is 1. The second kappa shape index (κ2) is 5.31. The third kappa shape index (κ3) is 3.06. The zero-order valence-electron chi connectivity index (χ0n) is 9.36. The van der Waals surface area contributed by atoms with E-state index in [4.69, 9.17) is 15.2 Å². The summed E-state index contributed by atoms with van der Waals surface area (Å²) in [5.74, 6) is 0.499. The highest BCUT2D eigenvalue weighted by atomic mass is 19.3. The second-order valence-electron chi connectivity index (χ2n) is 4.14. The van der Waals surface area contributed by atoms with Crippen LogP contribution in [0.3, 0.4) is 0 Å². The quantitative estimate of drug-likeness (QED) is 0.827. The van der Waals surface area contributed by atoms with Gasteiger partial charge in [-0.3, -0.25) is 0 Å². The fourth-order valence-electron chi connectivity index (χ4n) is 1.79. The van der Waals surface area contributed by atoms with Gasteiger partial charge in [0.25, 0.3) is 6.43 Å². The van der Waals surface area contributed by atoms with E-state index in [1.165, 1.54) is 12.1 Å². The van der Waals surface area contributed by atoms with Crippen molar-refractivity contribution in [1.82, 2.24) is 0 Å². The van der Waals surface area contributed by atoms with Gasteiger partial charge in [-0.25, -0.2) is 8.78 Å². The number of benzene rings is 1. The molecule has 0 spiro atoms. The van der Waals surface area contributed by atoms with Gasteiger partial charge in [-0.1, -0.05) is 0 Å². The predicted molar refractivity (Wildman–Crippen MR) is 60.2 cm³/mol. The van der Waals surface area contributed by atoms with Crippen LogP contribution in [0.25, 0.3) is 0 Å². The number of alkyl halides is 2. The van der Waals surface area contributed by atoms with Crippen LogP contribution in [0.15, 0.2) is 18.2 Å². The van der Waals surface area contributed by atoms with E-state index in [1.54, 1.807) is 6.07 Å². The summed E-state index contributed by atoms with van der Waals surface area (Å²) in [5.41, 5.74) is 5.64. The van der Waals surface area contributed by atoms with Gasteiger partial charge in [0.2, 0.25) is 0 Å². The van der Waals surface area contributed by atoms with E-state index in [0.29, 0.717) is 18.9 Å². The Balaban J connectivity index is 2.03. The number of ether oxygens (including phenoxy) is 2. The van der Waals surface area contributed by atoms with Gasteiger partial charge in [0.05, 0.1) is 18.8 Å². The third-order valence-corrected chi connectivity index (χ3v) is 2.77. The molecular weight excluding hydrogens is 228 g/mol. The molecule has 1 aromatic carbocycles. The molecule has 94 valence electrons. The predicted octanol–water partition coefficient (Wildman–Crippen LogP) is 2.62. The van der Waals surface area contributed by atoms with E-state index in [2.05, 4.69) is 0 Å². The maximum atomic E-state index is 12.7. The molecule has 0 amide bonds. The molecule has 1 saturated heterocycles. The van der Waals surface area contributed by atoms with Crippen LogP contribution < -0.4 is 10.5 Å². The SMILES string of the molecule is Nc1ccc(OCC2CCOC2)c(C(F)F)c1. The number of nitrogens with two attached hydrogens (primary N) is 1. The third-order valence-electron chi connectivity index (χ3n) is 2.77. The molecule has 0 bridgehead atoms. The average Bonchev–Trinajstić information content (AvgIpc) is 2.80. The van der Waals surface area contributed by atoms with Crippen LogP contribution in [0.2, 0.25) is 0 Å². The fourth-order valence-corrected chi connectivity index (χ4v) is 1.79. The highest BCUT2D eigenvalue weighted by Crippen LogP contribution is 2.31. The number of halogens is 2. The number of rotatable bonds is 4. The molecule has 1 heterocycles. The summed E-state index contributed by atoms with van der Waals surface area (Å²) in [7, 11) is 0. The van der Waals surface area contributed by atoms with Crippen molar-refractivity contribution in [2.24, 2.45) is 5.92 Å². The second-order valence-corrected chi connectivity index (χ2v) is 4.14. The van der Waals surface area contributed by atoms with Crippen molar-refractivity contribution in [2.45, 2.75) is 12.8 Å². The number of nitrogen functional groups attached to an aromatic ring is 1. The van der Waals surface area contributed by atoms with Crippen LogP contribution in [0, 0.1) is 5.92 Å². The van der Waals surface area contributed by atoms with Crippen LogP contribution in [-0.4, -0.2) is 19.8 Å². The Hall–Kier alpha value is -1.36. The van der Waals surface area contributed by atoms with E-state index < -0.39 is 6.43 Å². The topological polar surface area (TPSA) is 44.5 Å². The largest absolute Gasteiger partial charge is 0.493 e. The molecule has 1 unspecified atom stereocenters. The molecule has 1 aliphatic heterocycles. The average molecular weight is 243 g/mol. The Morgan fingerprint density at radius 2 is 2.29 bits per heavy atom. The lowest BCUT2D eigenvalue weighted by atomic mass is 10.1. The van der Waals surface area contributed by atoms with Gasteiger partial charge in [0.1, 0.15) is 5.75 Å². The maximum Gasteiger partial charge on any atom is 0.267 e. The van der Waals surface area contributed by atoms with E-state index >= 15 is 0 Å². The summed E-state index contributed by atoms with van der Waals surface area (Å²) >= 11 is 0. The van der Waals surface area contributed by atoms with Crippen molar-refractivity contribution in [2.75, 3.05) is 25.6 Å². The van der Waals surface area contributed by atoms with Crippen molar-refractivity contribution < 1.29 is 18.3 Å². The molecule has 5 heteroatoms. The monoisotopic (exact) mass is 243 g/mol. The van der Waals surface area contributed by atoms with E-state index in [-0.39, 0.29) is 17.2 Å². The van der Waals surface area contributed by atoms with Gasteiger partial charge in [-0.15, -0.1) is 0 Å². The smallest absolute Gasteiger partial charge is 0.267 e. The molecule has 0 radical (unpaired) electrons. The minimum Gasteiger partial charge on any atom is -0.493 e. The first-order valence-corrected chi connectivity index (χ1v) is 5.55. The Morgan fingerprint density at radius 1 is 1.47 bits per heavy atom. The minimum absolute atomic E-state index is 0.149. The van der Waals surface area contributed by atoms with E-state index in [9.17, 15) is 8.78 Å². The van der Waals surface area contributed by atoms with E-state index in [1.807, 2.05) is 0 Å². The van der Waals surface area contributed by atoms with Gasteiger partial charge in [0, 0.05) is 18.2 Å². The van der Waals surface area contributed by atoms with Gasteiger partial charge in [-0.05, 0) is 24.6 Å². The van der Waals surface area contributed by atoms with Gasteiger partial charge in [0.15, 0.2) is 0 Å². The van der Waals surface area contributed by atoms with Gasteiger partial charge >= 0.3 is 0 Å². The molecule has 1 atom stereocenters. The molecule has 0 aromatic heterocycles. The van der Waals surface area contributed by atoms with Crippen LogP contribution in [0.5, 0.6) is 5.75 Å². The molecule has 0 aliphatic carbocycles. The molecule has 17 heavy (non-hydrogen) atoms. The lowest BCUT2D eigenvalue weighted by Gasteiger charge is -2.14. The van der Waals surface area contributed by atoms with Crippen LogP contribution in [0.4, 0.5) is 14.5 Å². The first-order valence-electron chi connectivity index (χ1n) is 5.55. The first kappa shape index (κ1) is 12.1. The molecule has 1 aromatic rings. The number of anilines is 1. The summed E-state index contributed by atoms with van der Waals surface area (Å²) in [6.07, 6.45) is -1.66. The Morgan fingerprint density at radius 3 is 2.94 bits per heavy atom. The van der Waals surface area contributed by atoms with E-state index in [0.717, 1.165) is 13.0 Å². The maximum absolute atomic E-state index is 12.7. The van der Waals surface area contributed by atoms with Crippen molar-refractivity contribution >= 4 is 5.69 Å². The summed E-state index contributed by atoms with van der Waals surface area (Å²) < 4.78 is 36.1. The molecule has 2 rings (SSSR count). The highest BCUT2D eigenvalue weighted by molar-refractivity contribution is 5.48. The Kier molecular flexibility index (Phi) is 3.78. The Bertz CT molecular complexity index is 379. The molecule has 1 fully saturated rings. The van der Waals surface area contributed by atoms with Gasteiger partial charge < -0.3 is 15.2 Å². The van der Waals surface area contributed by atoms with Crippen LogP contribution in [0.1, 0.15) is 18.4 Å². The summed E-state index contributed by atoms with van der Waals surface area (Å²) in [6, 6.07) is 4.31. The molecule has 3 nitrogen and oxygen atoms in total. The molecule has 1 aliphatic rings. The normalized spacial score (nSPS) is 19.8.